The van der Waals surface area contributed by atoms with Gasteiger partial charge in [0.25, 0.3) is 0 Å². The first-order valence-corrected chi connectivity index (χ1v) is 6.71. The second-order valence-corrected chi connectivity index (χ2v) is 5.30. The van der Waals surface area contributed by atoms with Gasteiger partial charge in [0.1, 0.15) is 5.75 Å². The van der Waals surface area contributed by atoms with E-state index in [0.29, 0.717) is 10.7 Å². The molecule has 94 valence electrons. The number of halogens is 2. The summed E-state index contributed by atoms with van der Waals surface area (Å²) < 4.78 is 6.15. The van der Waals surface area contributed by atoms with Crippen LogP contribution in [0.5, 0.6) is 5.75 Å². The summed E-state index contributed by atoms with van der Waals surface area (Å²) in [6.07, 6.45) is 0. The third kappa shape index (κ3) is 3.00. The number of nitrogens with one attached hydrogen (secondary N) is 1. The topological polar surface area (TPSA) is 47.3 Å². The molecule has 0 aliphatic heterocycles. The van der Waals surface area contributed by atoms with Crippen LogP contribution in [0.25, 0.3) is 0 Å². The lowest BCUT2D eigenvalue weighted by molar-refractivity contribution is 0.415. The van der Waals surface area contributed by atoms with Crippen molar-refractivity contribution in [3.05, 3.63) is 45.0 Å². The lowest BCUT2D eigenvalue weighted by Crippen LogP contribution is -1.98. The van der Waals surface area contributed by atoms with Gasteiger partial charge in [-0.2, -0.15) is 0 Å². The Morgan fingerprint density at radius 1 is 1.17 bits per heavy atom. The SMILES string of the molecule is COc1ccc(Nc2ccc(Cl)cc2I)c(N)c1. The summed E-state index contributed by atoms with van der Waals surface area (Å²) in [5.41, 5.74) is 8.41. The van der Waals surface area contributed by atoms with Crippen molar-refractivity contribution >= 4 is 51.3 Å². The molecule has 0 atom stereocenters. The fourth-order valence-electron chi connectivity index (χ4n) is 1.52. The molecule has 2 aromatic rings. The highest BCUT2D eigenvalue weighted by Gasteiger charge is 2.05. The van der Waals surface area contributed by atoms with Gasteiger partial charge in [-0.3, -0.25) is 0 Å². The van der Waals surface area contributed by atoms with Gasteiger partial charge in [-0.05, 0) is 52.9 Å². The van der Waals surface area contributed by atoms with Gasteiger partial charge < -0.3 is 15.8 Å². The van der Waals surface area contributed by atoms with Crippen molar-refractivity contribution in [2.24, 2.45) is 0 Å². The summed E-state index contributed by atoms with van der Waals surface area (Å²) in [6, 6.07) is 11.2. The van der Waals surface area contributed by atoms with Gasteiger partial charge in [0.15, 0.2) is 0 Å². The van der Waals surface area contributed by atoms with Crippen molar-refractivity contribution in [1.29, 1.82) is 0 Å². The Bertz CT molecular complexity index is 575. The Balaban J connectivity index is 2.28. The van der Waals surface area contributed by atoms with Gasteiger partial charge in [-0.15, -0.1) is 0 Å². The normalized spacial score (nSPS) is 10.2. The van der Waals surface area contributed by atoms with Crippen LogP contribution in [0.1, 0.15) is 0 Å². The van der Waals surface area contributed by atoms with Crippen molar-refractivity contribution < 1.29 is 4.74 Å². The number of anilines is 3. The Kier molecular flexibility index (Phi) is 4.19. The van der Waals surface area contributed by atoms with Crippen LogP contribution < -0.4 is 15.8 Å². The molecule has 5 heteroatoms. The minimum Gasteiger partial charge on any atom is -0.497 e. The van der Waals surface area contributed by atoms with Crippen LogP contribution in [-0.2, 0) is 0 Å². The van der Waals surface area contributed by atoms with Crippen LogP contribution in [0, 0.1) is 3.57 Å². The van der Waals surface area contributed by atoms with E-state index in [1.54, 1.807) is 13.2 Å². The molecule has 0 saturated heterocycles. The van der Waals surface area contributed by atoms with Crippen LogP contribution in [0.15, 0.2) is 36.4 Å². The molecule has 2 rings (SSSR count). The number of benzene rings is 2. The third-order valence-electron chi connectivity index (χ3n) is 2.46. The summed E-state index contributed by atoms with van der Waals surface area (Å²) in [6.45, 7) is 0. The van der Waals surface area contributed by atoms with Gasteiger partial charge in [0, 0.05) is 14.7 Å². The van der Waals surface area contributed by atoms with E-state index in [1.165, 1.54) is 0 Å². The predicted octanol–water partition coefficient (Wildman–Crippen LogP) is 4.28. The smallest absolute Gasteiger partial charge is 0.121 e. The van der Waals surface area contributed by atoms with Gasteiger partial charge in [0.2, 0.25) is 0 Å². The highest BCUT2D eigenvalue weighted by molar-refractivity contribution is 14.1. The Hall–Kier alpha value is -1.14. The first-order valence-electron chi connectivity index (χ1n) is 5.26. The van der Waals surface area contributed by atoms with Gasteiger partial charge in [0.05, 0.1) is 24.2 Å². The van der Waals surface area contributed by atoms with Gasteiger partial charge in [-0.25, -0.2) is 0 Å². The lowest BCUT2D eigenvalue weighted by atomic mass is 10.2. The van der Waals surface area contributed by atoms with Crippen molar-refractivity contribution in [3.63, 3.8) is 0 Å². The first-order chi connectivity index (χ1) is 8.60. The molecule has 0 heterocycles. The van der Waals surface area contributed by atoms with Crippen molar-refractivity contribution in [3.8, 4) is 5.75 Å². The molecule has 0 unspecified atom stereocenters. The van der Waals surface area contributed by atoms with Crippen LogP contribution in [-0.4, -0.2) is 7.11 Å². The zero-order valence-electron chi connectivity index (χ0n) is 9.71. The minimum absolute atomic E-state index is 0.639. The summed E-state index contributed by atoms with van der Waals surface area (Å²) in [5, 5.41) is 3.99. The van der Waals surface area contributed by atoms with E-state index in [9.17, 15) is 0 Å². The molecule has 0 aliphatic carbocycles. The van der Waals surface area contributed by atoms with E-state index in [0.717, 1.165) is 20.7 Å². The second kappa shape index (κ2) is 5.67. The van der Waals surface area contributed by atoms with Crippen molar-refractivity contribution in [2.75, 3.05) is 18.2 Å². The molecule has 0 amide bonds. The Morgan fingerprint density at radius 3 is 2.50 bits per heavy atom. The van der Waals surface area contributed by atoms with Crippen molar-refractivity contribution in [1.82, 2.24) is 0 Å². The average Bonchev–Trinajstić information content (AvgIpc) is 2.34. The number of hydrogen-bond acceptors (Lipinski definition) is 3. The molecule has 0 spiro atoms. The molecule has 0 saturated carbocycles. The third-order valence-corrected chi connectivity index (χ3v) is 3.59. The second-order valence-electron chi connectivity index (χ2n) is 3.70. The van der Waals surface area contributed by atoms with E-state index in [4.69, 9.17) is 22.1 Å². The van der Waals surface area contributed by atoms with Crippen LogP contribution in [0.4, 0.5) is 17.1 Å². The molecule has 2 aromatic carbocycles. The number of nitrogens with two attached hydrogens (primary N) is 1. The summed E-state index contributed by atoms with van der Waals surface area (Å²) in [5.74, 6) is 0.740. The zero-order valence-corrected chi connectivity index (χ0v) is 12.6. The predicted molar refractivity (Wildman–Crippen MR) is 84.9 cm³/mol. The Morgan fingerprint density at radius 2 is 1.89 bits per heavy atom. The average molecular weight is 375 g/mol. The fourth-order valence-corrected chi connectivity index (χ4v) is 2.52. The first kappa shape index (κ1) is 13.3. The van der Waals surface area contributed by atoms with E-state index in [2.05, 4.69) is 27.9 Å². The molecular formula is C13H12ClIN2O. The number of rotatable bonds is 3. The van der Waals surface area contributed by atoms with E-state index in [1.807, 2.05) is 30.3 Å². The maximum Gasteiger partial charge on any atom is 0.121 e. The maximum absolute atomic E-state index is 5.95. The largest absolute Gasteiger partial charge is 0.497 e. The molecule has 0 bridgehead atoms. The minimum atomic E-state index is 0.639. The van der Waals surface area contributed by atoms with Gasteiger partial charge in [-0.1, -0.05) is 11.6 Å². The summed E-state index contributed by atoms with van der Waals surface area (Å²) in [4.78, 5) is 0. The monoisotopic (exact) mass is 374 g/mol. The quantitative estimate of drug-likeness (QED) is 0.623. The molecule has 18 heavy (non-hydrogen) atoms. The zero-order chi connectivity index (χ0) is 13.1. The van der Waals surface area contributed by atoms with E-state index < -0.39 is 0 Å². The number of methoxy groups -OCH3 is 1. The molecule has 0 radical (unpaired) electrons. The standard InChI is InChI=1S/C13H12ClIN2O/c1-18-9-3-5-13(11(16)7-9)17-12-4-2-8(14)6-10(12)15/h2-7,17H,16H2,1H3. The molecule has 0 aliphatic rings. The van der Waals surface area contributed by atoms with Crippen LogP contribution >= 0.6 is 34.2 Å². The highest BCUT2D eigenvalue weighted by atomic mass is 127. The summed E-state index contributed by atoms with van der Waals surface area (Å²) in [7, 11) is 1.62. The van der Waals surface area contributed by atoms with Crippen LogP contribution in [0.3, 0.4) is 0 Å². The fraction of sp³-hybridized carbons (Fsp3) is 0.0769. The number of hydrogen-bond donors (Lipinski definition) is 2. The maximum atomic E-state index is 5.95. The molecule has 0 aromatic heterocycles. The Labute approximate surface area is 124 Å². The molecule has 3 N–H and O–H groups in total. The van der Waals surface area contributed by atoms with E-state index in [-0.39, 0.29) is 0 Å². The van der Waals surface area contributed by atoms with Gasteiger partial charge >= 0.3 is 0 Å². The lowest BCUT2D eigenvalue weighted by Gasteiger charge is -2.12. The molecule has 3 nitrogen and oxygen atoms in total. The summed E-state index contributed by atoms with van der Waals surface area (Å²) >= 11 is 8.14. The molecular weight excluding hydrogens is 363 g/mol. The molecule has 0 fully saturated rings. The van der Waals surface area contributed by atoms with Crippen LogP contribution in [0.2, 0.25) is 5.02 Å². The highest BCUT2D eigenvalue weighted by Crippen LogP contribution is 2.30. The van der Waals surface area contributed by atoms with E-state index >= 15 is 0 Å². The number of nitrogen functional groups attached to an aromatic ring is 1. The number of ether oxygens (including phenoxy) is 1. The van der Waals surface area contributed by atoms with Crippen molar-refractivity contribution in [2.45, 2.75) is 0 Å².